The lowest BCUT2D eigenvalue weighted by atomic mass is 10.1. The molecule has 2 rings (SSSR count). The van der Waals surface area contributed by atoms with Gasteiger partial charge in [-0.15, -0.1) is 0 Å². The summed E-state index contributed by atoms with van der Waals surface area (Å²) in [6.45, 7) is 9.60. The fourth-order valence-electron chi connectivity index (χ4n) is 2.93. The number of benzene rings is 1. The SMILES string of the molecule is CCNC(=NCc1ccc(C(=O)NCC(N)=O)cc1)NCC(C)N1CCOCC1. The number of carbonyl (C=O) groups excluding carboxylic acids is 2. The summed E-state index contributed by atoms with van der Waals surface area (Å²) in [5.41, 5.74) is 6.49. The summed E-state index contributed by atoms with van der Waals surface area (Å²) < 4.78 is 5.41. The first-order valence-corrected chi connectivity index (χ1v) is 9.99. The van der Waals surface area contributed by atoms with Crippen molar-refractivity contribution >= 4 is 17.8 Å². The number of aliphatic imine (C=N–C) groups is 1. The lowest BCUT2D eigenvalue weighted by Crippen LogP contribution is -2.49. The summed E-state index contributed by atoms with van der Waals surface area (Å²) in [7, 11) is 0. The number of nitrogens with one attached hydrogen (secondary N) is 3. The Kier molecular flexibility index (Phi) is 9.39. The molecule has 160 valence electrons. The average molecular weight is 405 g/mol. The maximum absolute atomic E-state index is 11.9. The van der Waals surface area contributed by atoms with Crippen molar-refractivity contribution < 1.29 is 14.3 Å². The fourth-order valence-corrected chi connectivity index (χ4v) is 2.93. The van der Waals surface area contributed by atoms with E-state index in [4.69, 9.17) is 10.5 Å². The van der Waals surface area contributed by atoms with E-state index in [1.165, 1.54) is 0 Å². The summed E-state index contributed by atoms with van der Waals surface area (Å²) in [5.74, 6) is -0.141. The fraction of sp³-hybridized carbons (Fsp3) is 0.550. The number of ether oxygens (including phenoxy) is 1. The van der Waals surface area contributed by atoms with E-state index in [-0.39, 0.29) is 12.5 Å². The third-order valence-electron chi connectivity index (χ3n) is 4.64. The highest BCUT2D eigenvalue weighted by atomic mass is 16.5. The van der Waals surface area contributed by atoms with Gasteiger partial charge in [0.05, 0.1) is 26.3 Å². The van der Waals surface area contributed by atoms with Gasteiger partial charge in [0, 0.05) is 37.8 Å². The predicted octanol–water partition coefficient (Wildman–Crippen LogP) is -0.322. The monoisotopic (exact) mass is 404 g/mol. The second-order valence-electron chi connectivity index (χ2n) is 6.92. The van der Waals surface area contributed by atoms with Crippen molar-refractivity contribution in [3.63, 3.8) is 0 Å². The molecule has 0 radical (unpaired) electrons. The van der Waals surface area contributed by atoms with Crippen LogP contribution in [0.5, 0.6) is 0 Å². The number of carbonyl (C=O) groups is 2. The van der Waals surface area contributed by atoms with Gasteiger partial charge < -0.3 is 26.4 Å². The Balaban J connectivity index is 1.86. The smallest absolute Gasteiger partial charge is 0.251 e. The van der Waals surface area contributed by atoms with Crippen molar-refractivity contribution in [2.24, 2.45) is 10.7 Å². The first kappa shape index (κ1) is 22.6. The molecule has 1 aliphatic rings. The van der Waals surface area contributed by atoms with Gasteiger partial charge in [0.25, 0.3) is 5.91 Å². The lowest BCUT2D eigenvalue weighted by molar-refractivity contribution is -0.117. The van der Waals surface area contributed by atoms with Gasteiger partial charge in [0.15, 0.2) is 5.96 Å². The Bertz CT molecular complexity index is 686. The number of hydrogen-bond acceptors (Lipinski definition) is 5. The van der Waals surface area contributed by atoms with Crippen LogP contribution in [0.3, 0.4) is 0 Å². The maximum Gasteiger partial charge on any atom is 0.251 e. The summed E-state index contributed by atoms with van der Waals surface area (Å²) >= 11 is 0. The first-order chi connectivity index (χ1) is 14.0. The molecule has 1 aliphatic heterocycles. The standard InChI is InChI=1S/C20H32N6O3/c1-3-22-20(24-12-15(2)26-8-10-29-11-9-26)25-13-16-4-6-17(7-5-16)19(28)23-14-18(21)27/h4-7,15H,3,8-14H2,1-2H3,(H2,21,27)(H,23,28)(H2,22,24,25). The van der Waals surface area contributed by atoms with Gasteiger partial charge >= 0.3 is 0 Å². The number of guanidine groups is 1. The van der Waals surface area contributed by atoms with Crippen LogP contribution in [0, 0.1) is 0 Å². The van der Waals surface area contributed by atoms with Crippen LogP contribution in [-0.4, -0.2) is 74.7 Å². The molecule has 1 aromatic rings. The molecule has 29 heavy (non-hydrogen) atoms. The van der Waals surface area contributed by atoms with E-state index in [0.717, 1.165) is 50.9 Å². The quantitative estimate of drug-likeness (QED) is 0.331. The molecule has 2 amide bonds. The summed E-state index contributed by atoms with van der Waals surface area (Å²) in [6, 6.07) is 7.51. The van der Waals surface area contributed by atoms with E-state index in [1.54, 1.807) is 12.1 Å². The van der Waals surface area contributed by atoms with E-state index in [2.05, 4.69) is 32.8 Å². The normalized spacial score (nSPS) is 16.1. The van der Waals surface area contributed by atoms with E-state index in [0.29, 0.717) is 18.2 Å². The van der Waals surface area contributed by atoms with Crippen molar-refractivity contribution in [2.75, 3.05) is 45.9 Å². The molecule has 9 heteroatoms. The van der Waals surface area contributed by atoms with Crippen LogP contribution in [0.15, 0.2) is 29.3 Å². The molecule has 1 unspecified atom stereocenters. The largest absolute Gasteiger partial charge is 0.379 e. The molecular weight excluding hydrogens is 372 g/mol. The Morgan fingerprint density at radius 3 is 2.48 bits per heavy atom. The van der Waals surface area contributed by atoms with Crippen molar-refractivity contribution in [3.05, 3.63) is 35.4 Å². The molecule has 5 N–H and O–H groups in total. The Morgan fingerprint density at radius 2 is 1.86 bits per heavy atom. The van der Waals surface area contributed by atoms with Crippen molar-refractivity contribution in [1.82, 2.24) is 20.9 Å². The maximum atomic E-state index is 11.9. The zero-order valence-corrected chi connectivity index (χ0v) is 17.2. The molecule has 0 bridgehead atoms. The minimum atomic E-state index is -0.573. The number of nitrogens with zero attached hydrogens (tertiary/aromatic N) is 2. The van der Waals surface area contributed by atoms with Crippen LogP contribution in [0.1, 0.15) is 29.8 Å². The molecule has 1 saturated heterocycles. The second kappa shape index (κ2) is 12.0. The molecule has 0 aliphatic carbocycles. The third kappa shape index (κ3) is 8.08. The molecular formula is C20H32N6O3. The lowest BCUT2D eigenvalue weighted by Gasteiger charge is -2.32. The van der Waals surface area contributed by atoms with Gasteiger partial charge in [-0.05, 0) is 31.5 Å². The highest BCUT2D eigenvalue weighted by molar-refractivity contribution is 5.96. The number of hydrogen-bond donors (Lipinski definition) is 4. The minimum Gasteiger partial charge on any atom is -0.379 e. The molecule has 0 saturated carbocycles. The van der Waals surface area contributed by atoms with Crippen LogP contribution in [0.4, 0.5) is 0 Å². The van der Waals surface area contributed by atoms with Crippen molar-refractivity contribution in [1.29, 1.82) is 0 Å². The predicted molar refractivity (Wildman–Crippen MR) is 113 cm³/mol. The van der Waals surface area contributed by atoms with Crippen LogP contribution < -0.4 is 21.7 Å². The van der Waals surface area contributed by atoms with Gasteiger partial charge in [-0.3, -0.25) is 14.5 Å². The Morgan fingerprint density at radius 1 is 1.17 bits per heavy atom. The number of primary amides is 1. The van der Waals surface area contributed by atoms with Gasteiger partial charge in [-0.2, -0.15) is 0 Å². The van der Waals surface area contributed by atoms with Gasteiger partial charge in [0.2, 0.25) is 5.91 Å². The zero-order chi connectivity index (χ0) is 21.1. The minimum absolute atomic E-state index is 0.175. The van der Waals surface area contributed by atoms with Gasteiger partial charge in [0.1, 0.15) is 0 Å². The Hall–Kier alpha value is -2.65. The van der Waals surface area contributed by atoms with Crippen molar-refractivity contribution in [3.8, 4) is 0 Å². The third-order valence-corrected chi connectivity index (χ3v) is 4.64. The van der Waals surface area contributed by atoms with Gasteiger partial charge in [-0.25, -0.2) is 4.99 Å². The van der Waals surface area contributed by atoms with Crippen molar-refractivity contribution in [2.45, 2.75) is 26.4 Å². The zero-order valence-electron chi connectivity index (χ0n) is 17.2. The van der Waals surface area contributed by atoms with Crippen LogP contribution in [0.2, 0.25) is 0 Å². The van der Waals surface area contributed by atoms with Crippen LogP contribution in [-0.2, 0) is 16.1 Å². The molecule has 1 atom stereocenters. The van der Waals surface area contributed by atoms with Crippen LogP contribution in [0.25, 0.3) is 0 Å². The molecule has 0 aromatic heterocycles. The number of nitrogens with two attached hydrogens (primary N) is 1. The first-order valence-electron chi connectivity index (χ1n) is 9.99. The van der Waals surface area contributed by atoms with Crippen LogP contribution >= 0.6 is 0 Å². The molecule has 9 nitrogen and oxygen atoms in total. The highest BCUT2D eigenvalue weighted by Gasteiger charge is 2.17. The summed E-state index contributed by atoms with van der Waals surface area (Å²) in [5, 5.41) is 9.12. The van der Waals surface area contributed by atoms with E-state index in [1.807, 2.05) is 19.1 Å². The number of rotatable bonds is 9. The topological polar surface area (TPSA) is 121 Å². The molecule has 1 aromatic carbocycles. The highest BCUT2D eigenvalue weighted by Crippen LogP contribution is 2.06. The van der Waals surface area contributed by atoms with E-state index in [9.17, 15) is 9.59 Å². The average Bonchev–Trinajstić information content (AvgIpc) is 2.74. The number of amides is 2. The summed E-state index contributed by atoms with van der Waals surface area (Å²) in [6.07, 6.45) is 0. The number of morpholine rings is 1. The molecule has 1 heterocycles. The second-order valence-corrected chi connectivity index (χ2v) is 6.92. The Labute approximate surface area is 172 Å². The van der Waals surface area contributed by atoms with E-state index < -0.39 is 5.91 Å². The van der Waals surface area contributed by atoms with Gasteiger partial charge in [-0.1, -0.05) is 12.1 Å². The summed E-state index contributed by atoms with van der Waals surface area (Å²) in [4.78, 5) is 29.7. The molecule has 0 spiro atoms. The van der Waals surface area contributed by atoms with E-state index >= 15 is 0 Å². The molecule has 1 fully saturated rings.